The molecular weight excluding hydrogens is 276 g/mol. The van der Waals surface area contributed by atoms with Crippen LogP contribution in [0.5, 0.6) is 0 Å². The quantitative estimate of drug-likeness (QED) is 0.802. The van der Waals surface area contributed by atoms with Crippen molar-refractivity contribution in [3.8, 4) is 5.82 Å². The summed E-state index contributed by atoms with van der Waals surface area (Å²) in [6, 6.07) is 11.6. The Hall–Kier alpha value is -2.69. The van der Waals surface area contributed by atoms with E-state index in [1.54, 1.807) is 12.5 Å². The highest BCUT2D eigenvalue weighted by atomic mass is 16.1. The zero-order chi connectivity index (χ0) is 15.5. The van der Waals surface area contributed by atoms with E-state index < -0.39 is 0 Å². The highest BCUT2D eigenvalue weighted by Gasteiger charge is 2.07. The van der Waals surface area contributed by atoms with Crippen molar-refractivity contribution in [1.82, 2.24) is 14.5 Å². The fourth-order valence-corrected chi connectivity index (χ4v) is 2.33. The Bertz CT molecular complexity index is 790. The lowest BCUT2D eigenvalue weighted by molar-refractivity contribution is -0.116. The van der Waals surface area contributed by atoms with Gasteiger partial charge in [0.2, 0.25) is 5.91 Å². The van der Waals surface area contributed by atoms with E-state index in [0.717, 1.165) is 16.9 Å². The van der Waals surface area contributed by atoms with Crippen molar-refractivity contribution in [2.24, 2.45) is 5.92 Å². The molecule has 2 heterocycles. The van der Waals surface area contributed by atoms with Crippen LogP contribution in [-0.2, 0) is 4.79 Å². The van der Waals surface area contributed by atoms with Crippen molar-refractivity contribution in [1.29, 1.82) is 0 Å². The molecule has 3 rings (SSSR count). The zero-order valence-electron chi connectivity index (χ0n) is 12.7. The fraction of sp³-hybridized carbons (Fsp3) is 0.235. The lowest BCUT2D eigenvalue weighted by Crippen LogP contribution is -2.14. The molecule has 0 radical (unpaired) electrons. The maximum absolute atomic E-state index is 11.8. The lowest BCUT2D eigenvalue weighted by atomic mass is 10.1. The number of para-hydroxylation sites is 2. The Labute approximate surface area is 129 Å². The standard InChI is InChI=1S/C17H18N4O/c1-12(2)9-17(22)20-13-7-8-16(18-10-13)21-11-19-14-5-3-4-6-15(14)21/h3-8,10-12H,9H2,1-2H3,(H,20,22). The highest BCUT2D eigenvalue weighted by Crippen LogP contribution is 2.17. The molecule has 0 saturated carbocycles. The number of pyridine rings is 1. The van der Waals surface area contributed by atoms with Gasteiger partial charge in [0.15, 0.2) is 0 Å². The van der Waals surface area contributed by atoms with Crippen molar-refractivity contribution < 1.29 is 4.79 Å². The van der Waals surface area contributed by atoms with Crippen LogP contribution in [0.4, 0.5) is 5.69 Å². The molecule has 0 atom stereocenters. The molecule has 3 aromatic rings. The molecule has 112 valence electrons. The second kappa shape index (κ2) is 5.97. The van der Waals surface area contributed by atoms with Gasteiger partial charge in [0.25, 0.3) is 0 Å². The Morgan fingerprint density at radius 3 is 2.73 bits per heavy atom. The summed E-state index contributed by atoms with van der Waals surface area (Å²) in [6.07, 6.45) is 3.93. The van der Waals surface area contributed by atoms with Crippen LogP contribution < -0.4 is 5.32 Å². The molecule has 0 bridgehead atoms. The Morgan fingerprint density at radius 1 is 1.18 bits per heavy atom. The van der Waals surface area contributed by atoms with E-state index in [0.29, 0.717) is 18.0 Å². The van der Waals surface area contributed by atoms with Crippen LogP contribution in [0, 0.1) is 5.92 Å². The first-order chi connectivity index (χ1) is 10.6. The van der Waals surface area contributed by atoms with Crippen LogP contribution in [0.25, 0.3) is 16.9 Å². The number of carbonyl (C=O) groups excluding carboxylic acids is 1. The second-order valence-corrected chi connectivity index (χ2v) is 5.65. The number of rotatable bonds is 4. The third kappa shape index (κ3) is 2.98. The normalized spacial score (nSPS) is 11.0. The first-order valence-electron chi connectivity index (χ1n) is 7.32. The van der Waals surface area contributed by atoms with Crippen molar-refractivity contribution >= 4 is 22.6 Å². The molecule has 22 heavy (non-hydrogen) atoms. The summed E-state index contributed by atoms with van der Waals surface area (Å²) in [5, 5.41) is 2.86. The van der Waals surface area contributed by atoms with Gasteiger partial charge in [0.1, 0.15) is 12.1 Å². The number of hydrogen-bond donors (Lipinski definition) is 1. The molecule has 0 unspecified atom stereocenters. The van der Waals surface area contributed by atoms with E-state index in [2.05, 4.69) is 15.3 Å². The average molecular weight is 294 g/mol. The molecule has 5 nitrogen and oxygen atoms in total. The van der Waals surface area contributed by atoms with E-state index in [1.165, 1.54) is 0 Å². The lowest BCUT2D eigenvalue weighted by Gasteiger charge is -2.08. The summed E-state index contributed by atoms with van der Waals surface area (Å²) >= 11 is 0. The molecule has 5 heteroatoms. The summed E-state index contributed by atoms with van der Waals surface area (Å²) in [5.41, 5.74) is 2.64. The number of nitrogens with one attached hydrogen (secondary N) is 1. The predicted octanol–water partition coefficient (Wildman–Crippen LogP) is 3.41. The predicted molar refractivity (Wildman–Crippen MR) is 86.9 cm³/mol. The molecular formula is C17H18N4O. The van der Waals surface area contributed by atoms with Gasteiger partial charge in [-0.05, 0) is 30.2 Å². The minimum atomic E-state index is 0.0117. The summed E-state index contributed by atoms with van der Waals surface area (Å²) in [5.74, 6) is 1.12. The van der Waals surface area contributed by atoms with E-state index in [-0.39, 0.29) is 5.91 Å². The molecule has 1 N–H and O–H groups in total. The number of imidazole rings is 1. The number of fused-ring (bicyclic) bond motifs is 1. The van der Waals surface area contributed by atoms with E-state index in [4.69, 9.17) is 0 Å². The van der Waals surface area contributed by atoms with E-state index in [1.807, 2.05) is 54.8 Å². The van der Waals surface area contributed by atoms with Gasteiger partial charge in [-0.15, -0.1) is 0 Å². The van der Waals surface area contributed by atoms with Crippen LogP contribution in [0.3, 0.4) is 0 Å². The topological polar surface area (TPSA) is 59.8 Å². The molecule has 0 aliphatic heterocycles. The number of benzene rings is 1. The molecule has 2 aromatic heterocycles. The number of anilines is 1. The first kappa shape index (κ1) is 14.3. The van der Waals surface area contributed by atoms with E-state index >= 15 is 0 Å². The number of carbonyl (C=O) groups is 1. The molecule has 0 fully saturated rings. The van der Waals surface area contributed by atoms with Gasteiger partial charge in [-0.25, -0.2) is 9.97 Å². The van der Waals surface area contributed by atoms with Gasteiger partial charge in [-0.3, -0.25) is 9.36 Å². The van der Waals surface area contributed by atoms with Crippen LogP contribution >= 0.6 is 0 Å². The Kier molecular flexibility index (Phi) is 3.87. The van der Waals surface area contributed by atoms with Crippen molar-refractivity contribution in [2.75, 3.05) is 5.32 Å². The summed E-state index contributed by atoms with van der Waals surface area (Å²) in [7, 11) is 0. The molecule has 0 spiro atoms. The summed E-state index contributed by atoms with van der Waals surface area (Å²) in [4.78, 5) is 20.5. The minimum absolute atomic E-state index is 0.0117. The molecule has 0 aliphatic rings. The largest absolute Gasteiger partial charge is 0.325 e. The highest BCUT2D eigenvalue weighted by molar-refractivity contribution is 5.90. The fourth-order valence-electron chi connectivity index (χ4n) is 2.33. The van der Waals surface area contributed by atoms with Crippen molar-refractivity contribution in [3.05, 3.63) is 48.9 Å². The maximum atomic E-state index is 11.8. The number of amides is 1. The average Bonchev–Trinajstić information content (AvgIpc) is 2.91. The molecule has 1 aromatic carbocycles. The van der Waals surface area contributed by atoms with Crippen LogP contribution in [0.1, 0.15) is 20.3 Å². The van der Waals surface area contributed by atoms with Crippen molar-refractivity contribution in [3.63, 3.8) is 0 Å². The SMILES string of the molecule is CC(C)CC(=O)Nc1ccc(-n2cnc3ccccc32)nc1. The first-order valence-corrected chi connectivity index (χ1v) is 7.32. The maximum Gasteiger partial charge on any atom is 0.224 e. The third-order valence-corrected chi connectivity index (χ3v) is 3.33. The van der Waals surface area contributed by atoms with Gasteiger partial charge in [-0.2, -0.15) is 0 Å². The number of hydrogen-bond acceptors (Lipinski definition) is 3. The molecule has 1 amide bonds. The minimum Gasteiger partial charge on any atom is -0.325 e. The van der Waals surface area contributed by atoms with E-state index in [9.17, 15) is 4.79 Å². The van der Waals surface area contributed by atoms with Crippen molar-refractivity contribution in [2.45, 2.75) is 20.3 Å². The summed E-state index contributed by atoms with van der Waals surface area (Å²) in [6.45, 7) is 4.04. The van der Waals surface area contributed by atoms with Gasteiger partial charge in [0, 0.05) is 6.42 Å². The zero-order valence-corrected chi connectivity index (χ0v) is 12.7. The Morgan fingerprint density at radius 2 is 2.00 bits per heavy atom. The summed E-state index contributed by atoms with van der Waals surface area (Å²) < 4.78 is 1.93. The number of nitrogens with zero attached hydrogens (tertiary/aromatic N) is 3. The van der Waals surface area contributed by atoms with Crippen LogP contribution in [0.15, 0.2) is 48.9 Å². The number of aromatic nitrogens is 3. The van der Waals surface area contributed by atoms with Gasteiger partial charge in [-0.1, -0.05) is 26.0 Å². The smallest absolute Gasteiger partial charge is 0.224 e. The van der Waals surface area contributed by atoms with Gasteiger partial charge < -0.3 is 5.32 Å². The van der Waals surface area contributed by atoms with Gasteiger partial charge >= 0.3 is 0 Å². The Balaban J connectivity index is 1.81. The second-order valence-electron chi connectivity index (χ2n) is 5.65. The van der Waals surface area contributed by atoms with Gasteiger partial charge in [0.05, 0.1) is 22.9 Å². The van der Waals surface area contributed by atoms with Crippen LogP contribution in [-0.4, -0.2) is 20.4 Å². The third-order valence-electron chi connectivity index (χ3n) is 3.33. The van der Waals surface area contributed by atoms with Crippen LogP contribution in [0.2, 0.25) is 0 Å². The molecule has 0 aliphatic carbocycles. The molecule has 0 saturated heterocycles. The monoisotopic (exact) mass is 294 g/mol.